The third kappa shape index (κ3) is 5.84. The summed E-state index contributed by atoms with van der Waals surface area (Å²) in [5.74, 6) is 1.31. The molecule has 0 aliphatic heterocycles. The van der Waals surface area contributed by atoms with Crippen LogP contribution in [0.5, 0.6) is 11.5 Å². The molecule has 172 valence electrons. The number of anilines is 1. The van der Waals surface area contributed by atoms with Gasteiger partial charge in [0.05, 0.1) is 6.61 Å². The smallest absolute Gasteiger partial charge is 0.255 e. The summed E-state index contributed by atoms with van der Waals surface area (Å²) >= 11 is 0. The minimum Gasteiger partial charge on any atom is -0.493 e. The monoisotopic (exact) mass is 451 g/mol. The maximum absolute atomic E-state index is 12.8. The Morgan fingerprint density at radius 2 is 1.47 bits per heavy atom. The van der Waals surface area contributed by atoms with Crippen molar-refractivity contribution in [1.29, 1.82) is 0 Å². The maximum Gasteiger partial charge on any atom is 0.255 e. The Hall–Kier alpha value is -4.05. The molecule has 0 atom stereocenters. The maximum atomic E-state index is 12.8. The molecular weight excluding hydrogens is 422 g/mol. The SMILES string of the molecule is CCOc1ccc(C(=O)Nc2ccc(CC)cc2)cc1COc1ccc(-c2ccccc2)cc1. The van der Waals surface area contributed by atoms with Crippen molar-refractivity contribution in [3.05, 3.63) is 114 Å². The van der Waals surface area contributed by atoms with E-state index >= 15 is 0 Å². The van der Waals surface area contributed by atoms with Crippen LogP contribution in [0.2, 0.25) is 0 Å². The minimum atomic E-state index is -0.166. The lowest BCUT2D eigenvalue weighted by molar-refractivity contribution is 0.102. The lowest BCUT2D eigenvalue weighted by Gasteiger charge is -2.14. The highest BCUT2D eigenvalue weighted by atomic mass is 16.5. The van der Waals surface area contributed by atoms with E-state index < -0.39 is 0 Å². The van der Waals surface area contributed by atoms with Gasteiger partial charge in [-0.05, 0) is 72.5 Å². The van der Waals surface area contributed by atoms with E-state index in [1.807, 2.05) is 85.8 Å². The molecule has 0 saturated carbocycles. The molecular formula is C30H29NO3. The first kappa shape index (κ1) is 23.1. The predicted octanol–water partition coefficient (Wildman–Crippen LogP) is 7.15. The zero-order valence-corrected chi connectivity index (χ0v) is 19.6. The fourth-order valence-corrected chi connectivity index (χ4v) is 3.69. The third-order valence-corrected chi connectivity index (χ3v) is 5.60. The van der Waals surface area contributed by atoms with Gasteiger partial charge >= 0.3 is 0 Å². The fourth-order valence-electron chi connectivity index (χ4n) is 3.69. The Kier molecular flexibility index (Phi) is 7.61. The molecule has 0 heterocycles. The largest absolute Gasteiger partial charge is 0.493 e. The van der Waals surface area contributed by atoms with E-state index in [0.29, 0.717) is 24.5 Å². The number of ether oxygens (including phenoxy) is 2. The van der Waals surface area contributed by atoms with Crippen LogP contribution in [-0.2, 0) is 13.0 Å². The Labute approximate surface area is 201 Å². The van der Waals surface area contributed by atoms with Gasteiger partial charge in [0.15, 0.2) is 0 Å². The van der Waals surface area contributed by atoms with Crippen LogP contribution in [0.1, 0.15) is 35.3 Å². The van der Waals surface area contributed by atoms with Crippen LogP contribution in [0.15, 0.2) is 97.1 Å². The van der Waals surface area contributed by atoms with Gasteiger partial charge < -0.3 is 14.8 Å². The van der Waals surface area contributed by atoms with Crippen molar-refractivity contribution in [2.75, 3.05) is 11.9 Å². The molecule has 0 aliphatic carbocycles. The first-order valence-corrected chi connectivity index (χ1v) is 11.6. The zero-order chi connectivity index (χ0) is 23.8. The summed E-state index contributed by atoms with van der Waals surface area (Å²) in [6, 6.07) is 31.6. The van der Waals surface area contributed by atoms with Crippen molar-refractivity contribution in [3.63, 3.8) is 0 Å². The molecule has 0 aliphatic rings. The zero-order valence-electron chi connectivity index (χ0n) is 19.6. The molecule has 0 unspecified atom stereocenters. The van der Waals surface area contributed by atoms with E-state index in [0.717, 1.165) is 34.5 Å². The van der Waals surface area contributed by atoms with Crippen molar-refractivity contribution in [2.45, 2.75) is 26.9 Å². The number of nitrogens with one attached hydrogen (secondary N) is 1. The predicted molar refractivity (Wildman–Crippen MR) is 138 cm³/mol. The molecule has 0 bridgehead atoms. The van der Waals surface area contributed by atoms with E-state index in [2.05, 4.69) is 24.4 Å². The first-order valence-electron chi connectivity index (χ1n) is 11.6. The molecule has 0 spiro atoms. The van der Waals surface area contributed by atoms with Crippen LogP contribution in [0.25, 0.3) is 11.1 Å². The quantitative estimate of drug-likeness (QED) is 0.294. The molecule has 1 amide bonds. The summed E-state index contributed by atoms with van der Waals surface area (Å²) in [7, 11) is 0. The molecule has 0 fully saturated rings. The lowest BCUT2D eigenvalue weighted by Crippen LogP contribution is -2.13. The van der Waals surface area contributed by atoms with E-state index in [1.54, 1.807) is 6.07 Å². The summed E-state index contributed by atoms with van der Waals surface area (Å²) in [4.78, 5) is 12.8. The summed E-state index contributed by atoms with van der Waals surface area (Å²) in [6.07, 6.45) is 0.964. The average molecular weight is 452 g/mol. The Morgan fingerprint density at radius 1 is 0.765 bits per heavy atom. The van der Waals surface area contributed by atoms with Crippen molar-refractivity contribution < 1.29 is 14.3 Å². The van der Waals surface area contributed by atoms with Crippen molar-refractivity contribution >= 4 is 11.6 Å². The molecule has 0 aromatic heterocycles. The Bertz CT molecular complexity index is 1220. The number of benzene rings is 4. The molecule has 0 saturated heterocycles. The fraction of sp³-hybridized carbons (Fsp3) is 0.167. The van der Waals surface area contributed by atoms with Gasteiger partial charge in [0.2, 0.25) is 0 Å². The average Bonchev–Trinajstić information content (AvgIpc) is 2.89. The number of amides is 1. The molecule has 4 heteroatoms. The van der Waals surface area contributed by atoms with Gasteiger partial charge in [-0.2, -0.15) is 0 Å². The first-order chi connectivity index (χ1) is 16.7. The van der Waals surface area contributed by atoms with Crippen LogP contribution in [0.3, 0.4) is 0 Å². The van der Waals surface area contributed by atoms with E-state index in [1.165, 1.54) is 5.56 Å². The second kappa shape index (κ2) is 11.2. The Balaban J connectivity index is 1.46. The highest BCUT2D eigenvalue weighted by Crippen LogP contribution is 2.26. The van der Waals surface area contributed by atoms with Crippen LogP contribution >= 0.6 is 0 Å². The molecule has 4 nitrogen and oxygen atoms in total. The van der Waals surface area contributed by atoms with Crippen molar-refractivity contribution in [1.82, 2.24) is 0 Å². The second-order valence-corrected chi connectivity index (χ2v) is 7.94. The van der Waals surface area contributed by atoms with Crippen LogP contribution in [0.4, 0.5) is 5.69 Å². The van der Waals surface area contributed by atoms with Gasteiger partial charge in [-0.15, -0.1) is 0 Å². The van der Waals surface area contributed by atoms with Gasteiger partial charge in [-0.3, -0.25) is 4.79 Å². The van der Waals surface area contributed by atoms with Crippen LogP contribution in [-0.4, -0.2) is 12.5 Å². The van der Waals surface area contributed by atoms with Gasteiger partial charge in [-0.1, -0.05) is 61.5 Å². The van der Waals surface area contributed by atoms with Crippen molar-refractivity contribution in [3.8, 4) is 22.6 Å². The Morgan fingerprint density at radius 3 is 2.15 bits per heavy atom. The highest BCUT2D eigenvalue weighted by Gasteiger charge is 2.12. The summed E-state index contributed by atoms with van der Waals surface area (Å²) < 4.78 is 11.8. The van der Waals surface area contributed by atoms with Gasteiger partial charge in [0.1, 0.15) is 18.1 Å². The van der Waals surface area contributed by atoms with E-state index in [4.69, 9.17) is 9.47 Å². The number of hydrogen-bond donors (Lipinski definition) is 1. The standard InChI is InChI=1S/C30H29NO3/c1-3-22-10-15-27(16-11-22)31-30(32)25-14-19-29(33-4-2)26(20-25)21-34-28-17-12-24(13-18-28)23-8-6-5-7-9-23/h5-20H,3-4,21H2,1-2H3,(H,31,32). The topological polar surface area (TPSA) is 47.6 Å². The molecule has 4 rings (SSSR count). The lowest BCUT2D eigenvalue weighted by atomic mass is 10.1. The van der Waals surface area contributed by atoms with Gasteiger partial charge in [0, 0.05) is 16.8 Å². The summed E-state index contributed by atoms with van der Waals surface area (Å²) in [5.41, 5.74) is 5.68. The number of aryl methyl sites for hydroxylation is 1. The van der Waals surface area contributed by atoms with Crippen LogP contribution in [0, 0.1) is 0 Å². The highest BCUT2D eigenvalue weighted by molar-refractivity contribution is 6.04. The molecule has 4 aromatic carbocycles. The number of carbonyl (C=O) groups is 1. The molecule has 34 heavy (non-hydrogen) atoms. The summed E-state index contributed by atoms with van der Waals surface area (Å²) in [6.45, 7) is 4.88. The number of carbonyl (C=O) groups excluding carboxylic acids is 1. The molecule has 4 aromatic rings. The van der Waals surface area contributed by atoms with Crippen molar-refractivity contribution in [2.24, 2.45) is 0 Å². The van der Waals surface area contributed by atoms with E-state index in [9.17, 15) is 4.79 Å². The second-order valence-electron chi connectivity index (χ2n) is 7.94. The normalized spacial score (nSPS) is 10.5. The third-order valence-electron chi connectivity index (χ3n) is 5.60. The number of hydrogen-bond acceptors (Lipinski definition) is 3. The van der Waals surface area contributed by atoms with Gasteiger partial charge in [-0.25, -0.2) is 0 Å². The molecule has 1 N–H and O–H groups in total. The number of rotatable bonds is 9. The summed E-state index contributed by atoms with van der Waals surface area (Å²) in [5, 5.41) is 2.96. The van der Waals surface area contributed by atoms with Gasteiger partial charge in [0.25, 0.3) is 5.91 Å². The van der Waals surface area contributed by atoms with E-state index in [-0.39, 0.29) is 5.91 Å². The van der Waals surface area contributed by atoms with Crippen LogP contribution < -0.4 is 14.8 Å². The minimum absolute atomic E-state index is 0.166. The molecule has 0 radical (unpaired) electrons.